The molecule has 5 heteroatoms. The molecule has 3 fully saturated rings. The molecule has 146 valence electrons. The van der Waals surface area contributed by atoms with Crippen molar-refractivity contribution in [2.24, 2.45) is 5.92 Å². The van der Waals surface area contributed by atoms with Crippen molar-refractivity contribution in [3.05, 3.63) is 35.4 Å². The number of likely N-dealkylation sites (tertiary alicyclic amines) is 1. The molecule has 2 amide bonds. The molecule has 0 bridgehead atoms. The number of amides is 2. The van der Waals surface area contributed by atoms with Crippen LogP contribution in [0.3, 0.4) is 0 Å². The summed E-state index contributed by atoms with van der Waals surface area (Å²) < 4.78 is 0. The highest BCUT2D eigenvalue weighted by Crippen LogP contribution is 2.47. The number of carbonyl (C=O) groups excluding carboxylic acids is 2. The van der Waals surface area contributed by atoms with Crippen LogP contribution in [-0.4, -0.2) is 51.4 Å². The van der Waals surface area contributed by atoms with Gasteiger partial charge in [0.15, 0.2) is 0 Å². The first kappa shape index (κ1) is 18.9. The zero-order valence-electron chi connectivity index (χ0n) is 16.4. The van der Waals surface area contributed by atoms with Gasteiger partial charge in [-0.15, -0.1) is 11.8 Å². The van der Waals surface area contributed by atoms with E-state index in [9.17, 15) is 9.59 Å². The number of piperidine rings is 1. The number of carbonyl (C=O) groups is 2. The minimum absolute atomic E-state index is 0.149. The van der Waals surface area contributed by atoms with Crippen molar-refractivity contribution in [2.45, 2.75) is 63.3 Å². The maximum Gasteiger partial charge on any atom is 0.246 e. The highest BCUT2D eigenvalue weighted by molar-refractivity contribution is 8.01. The van der Waals surface area contributed by atoms with Gasteiger partial charge in [-0.3, -0.25) is 9.59 Å². The quantitative estimate of drug-likeness (QED) is 0.794. The molecule has 0 aliphatic carbocycles. The van der Waals surface area contributed by atoms with Gasteiger partial charge in [-0.05, 0) is 57.4 Å². The second-order valence-electron chi connectivity index (χ2n) is 8.56. The van der Waals surface area contributed by atoms with Crippen molar-refractivity contribution >= 4 is 23.6 Å². The molecule has 0 saturated carbocycles. The van der Waals surface area contributed by atoms with Gasteiger partial charge in [-0.1, -0.05) is 29.8 Å². The Morgan fingerprint density at radius 2 is 1.93 bits per heavy atom. The third-order valence-corrected chi connectivity index (χ3v) is 8.12. The van der Waals surface area contributed by atoms with E-state index in [1.54, 1.807) is 11.8 Å². The first-order valence-corrected chi connectivity index (χ1v) is 11.3. The van der Waals surface area contributed by atoms with Gasteiger partial charge in [0.25, 0.3) is 0 Å². The fourth-order valence-corrected chi connectivity index (χ4v) is 6.20. The minimum Gasteiger partial charge on any atom is -0.341 e. The lowest BCUT2D eigenvalue weighted by Crippen LogP contribution is -2.52. The number of fused-ring (bicyclic) bond motifs is 1. The molecule has 2 atom stereocenters. The summed E-state index contributed by atoms with van der Waals surface area (Å²) in [6.07, 6.45) is 5.97. The van der Waals surface area contributed by atoms with Crippen molar-refractivity contribution in [2.75, 3.05) is 18.8 Å². The van der Waals surface area contributed by atoms with E-state index in [0.717, 1.165) is 44.5 Å². The predicted octanol–water partition coefficient (Wildman–Crippen LogP) is 3.62. The second-order valence-corrected chi connectivity index (χ2v) is 10.1. The summed E-state index contributed by atoms with van der Waals surface area (Å²) in [7, 11) is 0. The molecule has 4 nitrogen and oxygen atoms in total. The van der Waals surface area contributed by atoms with Crippen molar-refractivity contribution in [3.63, 3.8) is 0 Å². The summed E-state index contributed by atoms with van der Waals surface area (Å²) in [6.45, 7) is 5.93. The lowest BCUT2D eigenvalue weighted by molar-refractivity contribution is -0.144. The lowest BCUT2D eigenvalue weighted by Gasteiger charge is -2.36. The third-order valence-electron chi connectivity index (χ3n) is 6.62. The zero-order chi connectivity index (χ0) is 19.0. The Morgan fingerprint density at radius 1 is 1.22 bits per heavy atom. The fourth-order valence-electron chi connectivity index (χ4n) is 4.78. The molecule has 3 aliphatic heterocycles. The summed E-state index contributed by atoms with van der Waals surface area (Å²) in [4.78, 5) is 29.1. The maximum absolute atomic E-state index is 13.1. The van der Waals surface area contributed by atoms with Gasteiger partial charge in [-0.25, -0.2) is 0 Å². The average molecular weight is 387 g/mol. The van der Waals surface area contributed by atoms with Gasteiger partial charge in [0.1, 0.15) is 6.04 Å². The van der Waals surface area contributed by atoms with Crippen LogP contribution >= 0.6 is 11.8 Å². The van der Waals surface area contributed by atoms with Gasteiger partial charge in [-0.2, -0.15) is 0 Å². The van der Waals surface area contributed by atoms with Crippen LogP contribution in [0.2, 0.25) is 0 Å². The highest BCUT2D eigenvalue weighted by atomic mass is 32.2. The molecule has 1 aromatic rings. The van der Waals surface area contributed by atoms with Gasteiger partial charge in [0, 0.05) is 25.3 Å². The van der Waals surface area contributed by atoms with Crippen LogP contribution in [0.15, 0.2) is 24.3 Å². The smallest absolute Gasteiger partial charge is 0.246 e. The summed E-state index contributed by atoms with van der Waals surface area (Å²) in [6, 6.07) is 8.60. The Hall–Kier alpha value is -1.49. The van der Waals surface area contributed by atoms with Crippen LogP contribution in [-0.2, 0) is 16.0 Å². The van der Waals surface area contributed by atoms with E-state index in [0.29, 0.717) is 12.3 Å². The topological polar surface area (TPSA) is 40.6 Å². The normalized spacial score (nSPS) is 28.7. The Labute approximate surface area is 166 Å². The largest absolute Gasteiger partial charge is 0.341 e. The van der Waals surface area contributed by atoms with Gasteiger partial charge in [0.05, 0.1) is 4.87 Å². The maximum atomic E-state index is 13.1. The molecular formula is C22H30N2O2S. The van der Waals surface area contributed by atoms with E-state index in [1.165, 1.54) is 17.5 Å². The van der Waals surface area contributed by atoms with Crippen LogP contribution < -0.4 is 0 Å². The first-order valence-electron chi connectivity index (χ1n) is 10.3. The molecule has 0 spiro atoms. The number of thioether (sulfide) groups is 1. The molecule has 3 saturated heterocycles. The SMILES string of the molecule is Cc1ccc(CCC2CCN(C(=O)C3CSC4(C)CCC(=O)N34)CC2)cc1. The molecule has 0 N–H and O–H groups in total. The summed E-state index contributed by atoms with van der Waals surface area (Å²) in [5, 5.41) is 0. The van der Waals surface area contributed by atoms with Crippen LogP contribution in [0.25, 0.3) is 0 Å². The van der Waals surface area contributed by atoms with E-state index < -0.39 is 0 Å². The summed E-state index contributed by atoms with van der Waals surface area (Å²) in [5.74, 6) is 1.80. The molecule has 0 aromatic heterocycles. The number of aryl methyl sites for hydroxylation is 2. The molecule has 27 heavy (non-hydrogen) atoms. The molecule has 0 radical (unpaired) electrons. The van der Waals surface area contributed by atoms with Crippen molar-refractivity contribution < 1.29 is 9.59 Å². The third kappa shape index (κ3) is 3.75. The van der Waals surface area contributed by atoms with Crippen molar-refractivity contribution in [3.8, 4) is 0 Å². The minimum atomic E-state index is -0.237. The van der Waals surface area contributed by atoms with Crippen LogP contribution in [0, 0.1) is 12.8 Å². The Balaban J connectivity index is 1.28. The Kier molecular flexibility index (Phi) is 5.23. The highest BCUT2D eigenvalue weighted by Gasteiger charge is 2.53. The van der Waals surface area contributed by atoms with Crippen LogP contribution in [0.4, 0.5) is 0 Å². The first-order chi connectivity index (χ1) is 13.0. The summed E-state index contributed by atoms with van der Waals surface area (Å²) in [5.41, 5.74) is 2.72. The van der Waals surface area contributed by atoms with Crippen molar-refractivity contribution in [1.29, 1.82) is 0 Å². The number of hydrogen-bond acceptors (Lipinski definition) is 3. The standard InChI is InChI=1S/C22H30N2O2S/c1-16-3-5-17(6-4-16)7-8-18-10-13-23(14-11-18)21(26)19-15-27-22(2)12-9-20(25)24(19)22/h3-6,18-19H,7-15H2,1-2H3. The van der Waals surface area contributed by atoms with E-state index in [4.69, 9.17) is 0 Å². The van der Waals surface area contributed by atoms with Crippen LogP contribution in [0.5, 0.6) is 0 Å². The molecule has 3 heterocycles. The number of benzene rings is 1. The van der Waals surface area contributed by atoms with Gasteiger partial charge in [0.2, 0.25) is 11.8 Å². The molecule has 3 aliphatic rings. The molecular weight excluding hydrogens is 356 g/mol. The number of rotatable bonds is 4. The van der Waals surface area contributed by atoms with Gasteiger partial charge >= 0.3 is 0 Å². The number of hydrogen-bond donors (Lipinski definition) is 0. The second kappa shape index (κ2) is 7.50. The fraction of sp³-hybridized carbons (Fsp3) is 0.636. The van der Waals surface area contributed by atoms with Crippen LogP contribution in [0.1, 0.15) is 50.2 Å². The van der Waals surface area contributed by atoms with E-state index in [-0.39, 0.29) is 22.7 Å². The molecule has 4 rings (SSSR count). The average Bonchev–Trinajstić information content (AvgIpc) is 3.17. The van der Waals surface area contributed by atoms with Crippen molar-refractivity contribution in [1.82, 2.24) is 9.80 Å². The Bertz CT molecular complexity index is 712. The predicted molar refractivity (Wildman–Crippen MR) is 110 cm³/mol. The monoisotopic (exact) mass is 386 g/mol. The zero-order valence-corrected chi connectivity index (χ0v) is 17.3. The molecule has 2 unspecified atom stereocenters. The molecule has 1 aromatic carbocycles. The van der Waals surface area contributed by atoms with E-state index in [1.807, 2.05) is 9.80 Å². The van der Waals surface area contributed by atoms with Gasteiger partial charge < -0.3 is 9.80 Å². The summed E-state index contributed by atoms with van der Waals surface area (Å²) >= 11 is 1.78. The Morgan fingerprint density at radius 3 is 2.63 bits per heavy atom. The number of nitrogens with zero attached hydrogens (tertiary/aromatic N) is 2. The lowest BCUT2D eigenvalue weighted by atomic mass is 9.90. The van der Waals surface area contributed by atoms with E-state index in [2.05, 4.69) is 38.1 Å². The van der Waals surface area contributed by atoms with E-state index >= 15 is 0 Å².